The Morgan fingerprint density at radius 3 is 2.79 bits per heavy atom. The molecule has 1 aliphatic carbocycles. The molecule has 7 atom stereocenters. The Balaban J connectivity index is 2.00. The number of carbonyl (C=O) groups is 1. The average molecular weight is 401 g/mol. The summed E-state index contributed by atoms with van der Waals surface area (Å²) in [5.41, 5.74) is -1.69. The minimum absolute atomic E-state index is 0.0495. The van der Waals surface area contributed by atoms with Crippen molar-refractivity contribution >= 4 is 5.97 Å². The minimum atomic E-state index is -1.69. The number of rotatable bonds is 10. The molecule has 2 N–H and O–H groups in total. The van der Waals surface area contributed by atoms with Crippen LogP contribution in [-0.2, 0) is 9.53 Å². The van der Waals surface area contributed by atoms with Crippen molar-refractivity contribution < 1.29 is 28.5 Å². The van der Waals surface area contributed by atoms with Crippen LogP contribution < -0.4 is 0 Å². The van der Waals surface area contributed by atoms with Gasteiger partial charge in [0.1, 0.15) is 23.6 Å². The van der Waals surface area contributed by atoms with Crippen molar-refractivity contribution in [3.8, 4) is 0 Å². The Morgan fingerprint density at radius 2 is 2.14 bits per heavy atom. The molecule has 0 spiro atoms. The molecular weight excluding hydrogens is 366 g/mol. The van der Waals surface area contributed by atoms with Crippen LogP contribution in [0.1, 0.15) is 65.7 Å². The SMILES string of the molecule is CCCCC(C)(F)[C@H](O)/C=C/[C@@H]1[C@H]2C(F)/C(=C/CCCC(=O)O)O[C@H]2C[C@H]1C. The van der Waals surface area contributed by atoms with E-state index in [4.69, 9.17) is 9.84 Å². The van der Waals surface area contributed by atoms with E-state index in [0.717, 1.165) is 6.42 Å². The van der Waals surface area contributed by atoms with Crippen molar-refractivity contribution in [2.75, 3.05) is 0 Å². The molecule has 160 valence electrons. The normalized spacial score (nSPS) is 34.4. The number of alkyl halides is 2. The molecule has 2 rings (SSSR count). The summed E-state index contributed by atoms with van der Waals surface area (Å²) in [5, 5.41) is 18.9. The van der Waals surface area contributed by atoms with Gasteiger partial charge < -0.3 is 14.9 Å². The van der Waals surface area contributed by atoms with E-state index in [1.165, 1.54) is 13.0 Å². The second kappa shape index (κ2) is 9.86. The van der Waals surface area contributed by atoms with Crippen molar-refractivity contribution in [1.82, 2.24) is 0 Å². The highest BCUT2D eigenvalue weighted by Gasteiger charge is 2.52. The van der Waals surface area contributed by atoms with Crippen LogP contribution in [0.5, 0.6) is 0 Å². The molecule has 1 saturated heterocycles. The smallest absolute Gasteiger partial charge is 0.303 e. The summed E-state index contributed by atoms with van der Waals surface area (Å²) in [7, 11) is 0. The number of allylic oxidation sites excluding steroid dienone is 3. The fourth-order valence-corrected chi connectivity index (χ4v) is 4.33. The second-order valence-corrected chi connectivity index (χ2v) is 8.53. The van der Waals surface area contributed by atoms with Gasteiger partial charge in [-0.2, -0.15) is 0 Å². The Labute approximate surface area is 166 Å². The van der Waals surface area contributed by atoms with Crippen molar-refractivity contribution in [1.29, 1.82) is 0 Å². The van der Waals surface area contributed by atoms with E-state index in [2.05, 4.69) is 0 Å². The van der Waals surface area contributed by atoms with E-state index in [1.54, 1.807) is 12.2 Å². The molecule has 28 heavy (non-hydrogen) atoms. The highest BCUT2D eigenvalue weighted by atomic mass is 19.1. The summed E-state index contributed by atoms with van der Waals surface area (Å²) in [4.78, 5) is 10.6. The molecule has 2 unspecified atom stereocenters. The van der Waals surface area contributed by atoms with Gasteiger partial charge >= 0.3 is 5.97 Å². The number of carboxylic acids is 1. The largest absolute Gasteiger partial charge is 0.492 e. The highest BCUT2D eigenvalue weighted by molar-refractivity contribution is 5.66. The van der Waals surface area contributed by atoms with Gasteiger partial charge in [-0.25, -0.2) is 8.78 Å². The molecule has 2 fully saturated rings. The van der Waals surface area contributed by atoms with Gasteiger partial charge in [0.15, 0.2) is 6.17 Å². The topological polar surface area (TPSA) is 66.8 Å². The van der Waals surface area contributed by atoms with E-state index >= 15 is 0 Å². The molecule has 4 nitrogen and oxygen atoms in total. The predicted octanol–water partition coefficient (Wildman–Crippen LogP) is 4.97. The lowest BCUT2D eigenvalue weighted by Gasteiger charge is -2.25. The first-order chi connectivity index (χ1) is 13.2. The number of aliphatic hydroxyl groups is 1. The van der Waals surface area contributed by atoms with Crippen LogP contribution in [0.4, 0.5) is 8.78 Å². The van der Waals surface area contributed by atoms with Gasteiger partial charge in [0.05, 0.1) is 0 Å². The molecule has 1 aliphatic heterocycles. The van der Waals surface area contributed by atoms with Crippen LogP contribution in [-0.4, -0.2) is 40.2 Å². The first kappa shape index (κ1) is 22.9. The van der Waals surface area contributed by atoms with Gasteiger partial charge in [-0.1, -0.05) is 38.8 Å². The Hall–Kier alpha value is -1.43. The zero-order valence-corrected chi connectivity index (χ0v) is 17.1. The molecule has 0 aromatic carbocycles. The van der Waals surface area contributed by atoms with Crippen molar-refractivity contribution in [3.05, 3.63) is 24.0 Å². The fraction of sp³-hybridized carbons (Fsp3) is 0.773. The molecule has 2 aliphatic rings. The molecule has 0 aromatic heterocycles. The summed E-state index contributed by atoms with van der Waals surface area (Å²) >= 11 is 0. The number of unbranched alkanes of at least 4 members (excludes halogenated alkanes) is 2. The van der Waals surface area contributed by atoms with Crippen LogP contribution >= 0.6 is 0 Å². The molecule has 6 heteroatoms. The molecule has 1 heterocycles. The van der Waals surface area contributed by atoms with Gasteiger partial charge in [-0.05, 0) is 50.5 Å². The summed E-state index contributed by atoms with van der Waals surface area (Å²) in [5.74, 6) is -0.848. The number of fused-ring (bicyclic) bond motifs is 1. The molecule has 1 saturated carbocycles. The van der Waals surface area contributed by atoms with Crippen LogP contribution in [0.2, 0.25) is 0 Å². The number of aliphatic hydroxyl groups excluding tert-OH is 1. The lowest BCUT2D eigenvalue weighted by molar-refractivity contribution is -0.137. The Morgan fingerprint density at radius 1 is 1.43 bits per heavy atom. The maximum Gasteiger partial charge on any atom is 0.303 e. The first-order valence-electron chi connectivity index (χ1n) is 10.4. The van der Waals surface area contributed by atoms with E-state index in [9.17, 15) is 18.7 Å². The van der Waals surface area contributed by atoms with Crippen LogP contribution in [0.15, 0.2) is 24.0 Å². The van der Waals surface area contributed by atoms with E-state index in [0.29, 0.717) is 37.9 Å². The lowest BCUT2D eigenvalue weighted by Crippen LogP contribution is -2.33. The van der Waals surface area contributed by atoms with Crippen molar-refractivity contribution in [2.45, 2.75) is 89.8 Å². The van der Waals surface area contributed by atoms with Gasteiger partial charge in [0.2, 0.25) is 0 Å². The van der Waals surface area contributed by atoms with E-state index < -0.39 is 23.9 Å². The third-order valence-corrected chi connectivity index (χ3v) is 6.12. The number of carboxylic acid groups (broad SMARTS) is 1. The zero-order chi connectivity index (χ0) is 20.9. The minimum Gasteiger partial charge on any atom is -0.492 e. The summed E-state index contributed by atoms with van der Waals surface area (Å²) < 4.78 is 35.4. The number of halogens is 2. The number of ether oxygens (including phenoxy) is 1. The molecular formula is C22H34F2O4. The van der Waals surface area contributed by atoms with Crippen molar-refractivity contribution in [3.63, 3.8) is 0 Å². The number of hydrogen-bond acceptors (Lipinski definition) is 3. The second-order valence-electron chi connectivity index (χ2n) is 8.53. The monoisotopic (exact) mass is 400 g/mol. The van der Waals surface area contributed by atoms with E-state index in [1.807, 2.05) is 13.8 Å². The Bertz CT molecular complexity index is 587. The predicted molar refractivity (Wildman–Crippen MR) is 104 cm³/mol. The van der Waals surface area contributed by atoms with Gasteiger partial charge in [0.25, 0.3) is 0 Å². The van der Waals surface area contributed by atoms with Crippen molar-refractivity contribution in [2.24, 2.45) is 17.8 Å². The molecule has 0 amide bonds. The van der Waals surface area contributed by atoms with Crippen LogP contribution in [0.3, 0.4) is 0 Å². The summed E-state index contributed by atoms with van der Waals surface area (Å²) in [6.45, 7) is 5.41. The highest BCUT2D eigenvalue weighted by Crippen LogP contribution is 2.49. The van der Waals surface area contributed by atoms with E-state index in [-0.39, 0.29) is 30.3 Å². The summed E-state index contributed by atoms with van der Waals surface area (Å²) in [6, 6.07) is 0. The standard InChI is InChI=1S/C22H34F2O4/c1-4-5-12-22(3,24)18(25)11-10-15-14(2)13-17-20(15)21(23)16(28-17)8-6-7-9-19(26)27/h8,10-11,14-15,17-18,20-21,25H,4-7,9,12-13H2,1-3H3,(H,26,27)/b11-10+,16-8-/t14-,15+,17+,18-,20-,21?,22?/m1/s1. The van der Waals surface area contributed by atoms with Gasteiger partial charge in [-0.3, -0.25) is 4.79 Å². The fourth-order valence-electron chi connectivity index (χ4n) is 4.33. The quantitative estimate of drug-likeness (QED) is 0.401. The van der Waals surface area contributed by atoms with Gasteiger partial charge in [0, 0.05) is 12.3 Å². The maximum absolute atomic E-state index is 15.0. The number of hydrogen-bond donors (Lipinski definition) is 2. The molecule has 0 bridgehead atoms. The number of aliphatic carboxylic acids is 1. The molecule has 0 radical (unpaired) electrons. The van der Waals surface area contributed by atoms with Crippen LogP contribution in [0.25, 0.3) is 0 Å². The Kier molecular flexibility index (Phi) is 8.05. The summed E-state index contributed by atoms with van der Waals surface area (Å²) in [6.07, 6.45) is 5.78. The van der Waals surface area contributed by atoms with Gasteiger partial charge in [-0.15, -0.1) is 0 Å². The third-order valence-electron chi connectivity index (χ3n) is 6.12. The maximum atomic E-state index is 15.0. The average Bonchev–Trinajstić information content (AvgIpc) is 3.09. The molecule has 0 aromatic rings. The lowest BCUT2D eigenvalue weighted by atomic mass is 9.85. The third kappa shape index (κ3) is 5.56. The zero-order valence-electron chi connectivity index (χ0n) is 17.1. The first-order valence-corrected chi connectivity index (χ1v) is 10.4. The van der Waals surface area contributed by atoms with Crippen LogP contribution in [0, 0.1) is 17.8 Å².